The molecule has 0 spiro atoms. The number of rotatable bonds is 8. The summed E-state index contributed by atoms with van der Waals surface area (Å²) in [5, 5.41) is 15.3. The fourth-order valence-corrected chi connectivity index (χ4v) is 8.08. The number of fused-ring (bicyclic) bond motifs is 3. The fourth-order valence-electron chi connectivity index (χ4n) is 8.08. The molecule has 16 nitrogen and oxygen atoms in total. The molecule has 3 aliphatic heterocycles. The van der Waals surface area contributed by atoms with Crippen molar-refractivity contribution in [3.63, 3.8) is 0 Å². The molecule has 4 amide bonds. The van der Waals surface area contributed by atoms with Crippen molar-refractivity contribution in [1.82, 2.24) is 44.6 Å². The first-order chi connectivity index (χ1) is 28.7. The van der Waals surface area contributed by atoms with E-state index in [0.717, 1.165) is 44.2 Å². The van der Waals surface area contributed by atoms with E-state index >= 15 is 4.39 Å². The smallest absolute Gasteiger partial charge is 0.262 e. The van der Waals surface area contributed by atoms with E-state index in [2.05, 4.69) is 35.8 Å². The lowest BCUT2D eigenvalue weighted by Gasteiger charge is -2.34. The van der Waals surface area contributed by atoms with Crippen molar-refractivity contribution in [2.45, 2.75) is 44.7 Å². The molecule has 294 valence electrons. The number of halogens is 1. The van der Waals surface area contributed by atoms with Crippen LogP contribution >= 0.6 is 0 Å². The third-order valence-electron chi connectivity index (χ3n) is 11.2. The zero-order chi connectivity index (χ0) is 40.4. The maximum absolute atomic E-state index is 15.5. The zero-order valence-corrected chi connectivity index (χ0v) is 31.5. The topological polar surface area (TPSA) is 182 Å². The van der Waals surface area contributed by atoms with E-state index in [1.807, 2.05) is 77.4 Å². The summed E-state index contributed by atoms with van der Waals surface area (Å²) >= 11 is 0. The largest absolute Gasteiger partial charge is 0.457 e. The van der Waals surface area contributed by atoms with Gasteiger partial charge in [-0.15, -0.1) is 0 Å². The van der Waals surface area contributed by atoms with Crippen LogP contribution in [0, 0.1) is 12.7 Å². The lowest BCUT2D eigenvalue weighted by atomic mass is 10.0. The van der Waals surface area contributed by atoms with Gasteiger partial charge in [0.2, 0.25) is 11.8 Å². The Morgan fingerprint density at radius 1 is 0.847 bits per heavy atom. The van der Waals surface area contributed by atoms with Gasteiger partial charge in [-0.2, -0.15) is 10.2 Å². The summed E-state index contributed by atoms with van der Waals surface area (Å²) in [5.74, 6) is -1.16. The maximum Gasteiger partial charge on any atom is 0.262 e. The number of nitrogens with one attached hydrogen (secondary N) is 2. The molecule has 2 saturated heterocycles. The third-order valence-corrected chi connectivity index (χ3v) is 11.2. The van der Waals surface area contributed by atoms with E-state index in [-0.39, 0.29) is 35.7 Å². The van der Waals surface area contributed by atoms with E-state index in [4.69, 9.17) is 4.74 Å². The van der Waals surface area contributed by atoms with Crippen molar-refractivity contribution in [3.8, 4) is 22.6 Å². The molecule has 0 saturated carbocycles. The molecule has 0 aliphatic carbocycles. The number of aromatic nitrogens is 7. The van der Waals surface area contributed by atoms with Crippen LogP contribution in [0.4, 0.5) is 21.6 Å². The van der Waals surface area contributed by atoms with Gasteiger partial charge in [0, 0.05) is 54.6 Å². The number of hydrogen-bond acceptors (Lipinski definition) is 12. The van der Waals surface area contributed by atoms with Crippen LogP contribution in [-0.4, -0.2) is 82.0 Å². The molecule has 3 aromatic carbocycles. The number of carbonyl (C=O) groups excluding carboxylic acids is 4. The number of piperidine rings is 2. The summed E-state index contributed by atoms with van der Waals surface area (Å²) in [7, 11) is 0. The van der Waals surface area contributed by atoms with E-state index in [1.165, 1.54) is 18.7 Å². The van der Waals surface area contributed by atoms with Gasteiger partial charge in [0.1, 0.15) is 41.8 Å². The molecule has 7 aromatic rings. The minimum absolute atomic E-state index is 0.00567. The molecular weight excluding hydrogens is 758 g/mol. The second-order valence-corrected chi connectivity index (χ2v) is 14.8. The van der Waals surface area contributed by atoms with E-state index in [0.29, 0.717) is 48.9 Å². The van der Waals surface area contributed by atoms with Crippen LogP contribution in [0.3, 0.4) is 0 Å². The predicted molar refractivity (Wildman–Crippen MR) is 212 cm³/mol. The van der Waals surface area contributed by atoms with E-state index < -0.39 is 35.5 Å². The molecular formula is C42H34FN11O5. The second kappa shape index (κ2) is 14.1. The molecule has 0 radical (unpaired) electrons. The number of ether oxygens (including phenoxy) is 1. The van der Waals surface area contributed by atoms with Crippen molar-refractivity contribution in [2.24, 2.45) is 0 Å². The summed E-state index contributed by atoms with van der Waals surface area (Å²) in [5.41, 5.74) is 5.29. The quantitative estimate of drug-likeness (QED) is 0.178. The molecule has 4 aromatic heterocycles. The Bertz CT molecular complexity index is 2880. The highest BCUT2D eigenvalue weighted by Gasteiger charge is 2.45. The van der Waals surface area contributed by atoms with Gasteiger partial charge in [-0.1, -0.05) is 6.07 Å². The number of amides is 4. The van der Waals surface area contributed by atoms with Crippen molar-refractivity contribution in [2.75, 3.05) is 23.3 Å². The Kier molecular flexibility index (Phi) is 8.57. The molecule has 3 aliphatic rings. The van der Waals surface area contributed by atoms with Crippen LogP contribution in [0.25, 0.3) is 27.7 Å². The standard InChI is InChI=1S/C42H34FN11O5/c1-23-14-26(3-6-36(23)59-28-10-13-52-37(16-28)45-22-48-52)49-39-29-4-2-24(15-33(29)44-21-46-39)25-19-47-53(20-25)27-8-11-51(12-9-27)35-18-31-30(17-32(35)43)41(57)54(42(31)58)34-5-7-38(55)50-40(34)56/h2-4,6,10,13-22,27,34H,5,7-9,11-12H2,1H3,(H,44,46,49)(H,50,55,56). The van der Waals surface area contributed by atoms with Crippen molar-refractivity contribution in [1.29, 1.82) is 0 Å². The Balaban J connectivity index is 0.798. The van der Waals surface area contributed by atoms with Gasteiger partial charge in [-0.3, -0.25) is 34.1 Å². The van der Waals surface area contributed by atoms with Gasteiger partial charge in [0.15, 0.2) is 5.65 Å². The first-order valence-electron chi connectivity index (χ1n) is 19.1. The average molecular weight is 792 g/mol. The van der Waals surface area contributed by atoms with E-state index in [1.54, 1.807) is 10.7 Å². The Morgan fingerprint density at radius 2 is 1.68 bits per heavy atom. The van der Waals surface area contributed by atoms with Crippen molar-refractivity contribution < 1.29 is 28.3 Å². The summed E-state index contributed by atoms with van der Waals surface area (Å²) < 4.78 is 25.3. The normalized spacial score (nSPS) is 17.2. The summed E-state index contributed by atoms with van der Waals surface area (Å²) in [6.45, 7) is 2.96. The fraction of sp³-hybridized carbons (Fsp3) is 0.214. The number of anilines is 3. The zero-order valence-electron chi connectivity index (χ0n) is 31.5. The van der Waals surface area contributed by atoms with Gasteiger partial charge >= 0.3 is 0 Å². The van der Waals surface area contributed by atoms with Gasteiger partial charge in [-0.05, 0) is 85.8 Å². The first-order valence-corrected chi connectivity index (χ1v) is 19.1. The Labute approximate surface area is 334 Å². The minimum Gasteiger partial charge on any atom is -0.457 e. The van der Waals surface area contributed by atoms with E-state index in [9.17, 15) is 19.2 Å². The van der Waals surface area contributed by atoms with Crippen LogP contribution in [0.1, 0.15) is 58.0 Å². The molecule has 7 heterocycles. The molecule has 59 heavy (non-hydrogen) atoms. The second-order valence-electron chi connectivity index (χ2n) is 14.8. The highest BCUT2D eigenvalue weighted by Crippen LogP contribution is 2.36. The van der Waals surface area contributed by atoms with Gasteiger partial charge < -0.3 is 15.0 Å². The molecule has 0 bridgehead atoms. The van der Waals surface area contributed by atoms with Crippen LogP contribution in [0.2, 0.25) is 0 Å². The molecule has 2 N–H and O–H groups in total. The van der Waals surface area contributed by atoms with Gasteiger partial charge in [0.05, 0.1) is 34.6 Å². The maximum atomic E-state index is 15.5. The lowest BCUT2D eigenvalue weighted by molar-refractivity contribution is -0.136. The SMILES string of the molecule is Cc1cc(Nc2ncnc3cc(-c4cnn(C5CCN(c6cc7c(cc6F)C(=O)N(C6CCC(=O)NC6=O)C7=O)CC5)c4)ccc23)ccc1Oc1ccn2ncnc2c1. The number of carbonyl (C=O) groups is 4. The summed E-state index contributed by atoms with van der Waals surface area (Å²) in [6, 6.07) is 16.9. The number of nitrogens with zero attached hydrogens (tertiary/aromatic N) is 9. The molecule has 1 unspecified atom stereocenters. The predicted octanol–water partition coefficient (Wildman–Crippen LogP) is 5.76. The van der Waals surface area contributed by atoms with Crippen LogP contribution < -0.4 is 20.3 Å². The summed E-state index contributed by atoms with van der Waals surface area (Å²) in [4.78, 5) is 66.6. The molecule has 10 rings (SSSR count). The van der Waals surface area contributed by atoms with Crippen molar-refractivity contribution >= 4 is 57.4 Å². The van der Waals surface area contributed by atoms with Gasteiger partial charge in [-0.25, -0.2) is 23.9 Å². The highest BCUT2D eigenvalue weighted by atomic mass is 19.1. The molecule has 17 heteroatoms. The van der Waals surface area contributed by atoms with Crippen LogP contribution in [0.5, 0.6) is 11.5 Å². The van der Waals surface area contributed by atoms with Crippen molar-refractivity contribution in [3.05, 3.63) is 114 Å². The average Bonchev–Trinajstić information content (AvgIpc) is 3.98. The number of pyridine rings is 1. The lowest BCUT2D eigenvalue weighted by Crippen LogP contribution is -2.54. The Hall–Kier alpha value is -7.56. The minimum atomic E-state index is -1.12. The number of benzene rings is 3. The summed E-state index contributed by atoms with van der Waals surface area (Å²) in [6.07, 6.45) is 10.0. The Morgan fingerprint density at radius 3 is 2.49 bits per heavy atom. The highest BCUT2D eigenvalue weighted by molar-refractivity contribution is 6.23. The monoisotopic (exact) mass is 791 g/mol. The third kappa shape index (κ3) is 6.45. The number of hydrogen-bond donors (Lipinski definition) is 2. The van der Waals surface area contributed by atoms with Gasteiger partial charge in [0.25, 0.3) is 11.8 Å². The molecule has 2 fully saturated rings. The number of imide groups is 2. The molecule has 1 atom stereocenters. The first kappa shape index (κ1) is 35.8. The number of aryl methyl sites for hydroxylation is 1. The van der Waals surface area contributed by atoms with Crippen LogP contribution in [0.15, 0.2) is 91.9 Å². The van der Waals surface area contributed by atoms with Crippen LogP contribution in [-0.2, 0) is 9.59 Å².